The lowest BCUT2D eigenvalue weighted by molar-refractivity contribution is -0.141. The number of carbonyl (C=O) groups excluding carboxylic acids is 1. The summed E-state index contributed by atoms with van der Waals surface area (Å²) in [6, 6.07) is 6.59. The van der Waals surface area contributed by atoms with E-state index < -0.39 is 6.04 Å². The van der Waals surface area contributed by atoms with Gasteiger partial charge in [-0.3, -0.25) is 0 Å². The number of nitrogens with one attached hydrogen (secondary N) is 1. The highest BCUT2D eigenvalue weighted by atomic mass is 35.5. The molecule has 0 aromatic heterocycles. The SMILES string of the molecule is CCCCC(Nc1ccc(C#N)c(Cl)c1)C(=O)OC. The minimum Gasteiger partial charge on any atom is -0.467 e. The van der Waals surface area contributed by atoms with E-state index in [1.807, 2.05) is 6.07 Å². The van der Waals surface area contributed by atoms with Gasteiger partial charge in [-0.15, -0.1) is 0 Å². The van der Waals surface area contributed by atoms with E-state index in [9.17, 15) is 4.79 Å². The van der Waals surface area contributed by atoms with Gasteiger partial charge in [0, 0.05) is 5.69 Å². The first-order valence-corrected chi connectivity index (χ1v) is 6.54. The smallest absolute Gasteiger partial charge is 0.328 e. The normalized spacial score (nSPS) is 11.5. The first kappa shape index (κ1) is 15.3. The second-order valence-electron chi connectivity index (χ2n) is 4.17. The molecule has 0 aliphatic carbocycles. The van der Waals surface area contributed by atoms with Gasteiger partial charge < -0.3 is 10.1 Å². The van der Waals surface area contributed by atoms with Crippen molar-refractivity contribution in [1.82, 2.24) is 0 Å². The van der Waals surface area contributed by atoms with Gasteiger partial charge in [-0.2, -0.15) is 5.26 Å². The average Bonchev–Trinajstić information content (AvgIpc) is 2.42. The molecule has 0 bridgehead atoms. The van der Waals surface area contributed by atoms with Gasteiger partial charge in [0.1, 0.15) is 12.1 Å². The van der Waals surface area contributed by atoms with Crippen molar-refractivity contribution in [3.05, 3.63) is 28.8 Å². The fraction of sp³-hybridized carbons (Fsp3) is 0.429. The van der Waals surface area contributed by atoms with Crippen LogP contribution < -0.4 is 5.32 Å². The molecule has 4 nitrogen and oxygen atoms in total. The van der Waals surface area contributed by atoms with Crippen molar-refractivity contribution in [2.24, 2.45) is 0 Å². The zero-order chi connectivity index (χ0) is 14.3. The van der Waals surface area contributed by atoms with E-state index in [2.05, 4.69) is 12.2 Å². The van der Waals surface area contributed by atoms with E-state index in [-0.39, 0.29) is 5.97 Å². The highest BCUT2D eigenvalue weighted by Gasteiger charge is 2.18. The maximum atomic E-state index is 11.7. The average molecular weight is 281 g/mol. The third kappa shape index (κ3) is 4.46. The zero-order valence-electron chi connectivity index (χ0n) is 11.1. The van der Waals surface area contributed by atoms with Crippen LogP contribution in [0.4, 0.5) is 5.69 Å². The summed E-state index contributed by atoms with van der Waals surface area (Å²) in [5.74, 6) is -0.297. The van der Waals surface area contributed by atoms with Gasteiger partial charge in [0.25, 0.3) is 0 Å². The van der Waals surface area contributed by atoms with E-state index in [1.54, 1.807) is 18.2 Å². The summed E-state index contributed by atoms with van der Waals surface area (Å²) in [6.45, 7) is 2.06. The van der Waals surface area contributed by atoms with E-state index in [0.29, 0.717) is 22.7 Å². The van der Waals surface area contributed by atoms with Crippen LogP contribution in [0.25, 0.3) is 0 Å². The second kappa shape index (κ2) is 7.65. The minimum atomic E-state index is -0.394. The molecule has 0 saturated carbocycles. The van der Waals surface area contributed by atoms with Gasteiger partial charge in [-0.1, -0.05) is 31.4 Å². The number of benzene rings is 1. The monoisotopic (exact) mass is 280 g/mol. The zero-order valence-corrected chi connectivity index (χ0v) is 11.8. The molecule has 0 amide bonds. The standard InChI is InChI=1S/C14H17ClN2O2/c1-3-4-5-13(14(18)19-2)17-11-7-6-10(9-16)12(15)8-11/h6-8,13,17H,3-5H2,1-2H3. The van der Waals surface area contributed by atoms with E-state index in [1.165, 1.54) is 7.11 Å². The van der Waals surface area contributed by atoms with Gasteiger partial charge in [0.15, 0.2) is 0 Å². The Kier molecular flexibility index (Phi) is 6.17. The van der Waals surface area contributed by atoms with Gasteiger partial charge in [-0.05, 0) is 24.6 Å². The molecule has 1 aromatic carbocycles. The minimum absolute atomic E-state index is 0.297. The van der Waals surface area contributed by atoms with Crippen LogP contribution in [0.3, 0.4) is 0 Å². The number of nitriles is 1. The molecule has 5 heteroatoms. The van der Waals surface area contributed by atoms with Gasteiger partial charge in [-0.25, -0.2) is 4.79 Å². The van der Waals surface area contributed by atoms with Crippen LogP contribution in [0, 0.1) is 11.3 Å². The number of rotatable bonds is 6. The van der Waals surface area contributed by atoms with Crippen molar-refractivity contribution in [2.75, 3.05) is 12.4 Å². The summed E-state index contributed by atoms with van der Waals surface area (Å²) < 4.78 is 4.77. The van der Waals surface area contributed by atoms with E-state index in [0.717, 1.165) is 12.8 Å². The Morgan fingerprint density at radius 2 is 2.32 bits per heavy atom. The largest absolute Gasteiger partial charge is 0.467 e. The lowest BCUT2D eigenvalue weighted by Gasteiger charge is -2.17. The Morgan fingerprint density at radius 3 is 2.84 bits per heavy atom. The number of esters is 1. The Hall–Kier alpha value is -1.73. The number of anilines is 1. The molecule has 1 unspecified atom stereocenters. The van der Waals surface area contributed by atoms with Crippen LogP contribution >= 0.6 is 11.6 Å². The summed E-state index contributed by atoms with van der Waals surface area (Å²) in [4.78, 5) is 11.7. The molecule has 0 aliphatic heterocycles. The number of ether oxygens (including phenoxy) is 1. The molecule has 102 valence electrons. The molecule has 0 radical (unpaired) electrons. The number of hydrogen-bond donors (Lipinski definition) is 1. The first-order valence-electron chi connectivity index (χ1n) is 6.16. The lowest BCUT2D eigenvalue weighted by Crippen LogP contribution is -2.30. The predicted molar refractivity (Wildman–Crippen MR) is 75.1 cm³/mol. The Morgan fingerprint density at radius 1 is 1.58 bits per heavy atom. The van der Waals surface area contributed by atoms with Gasteiger partial charge >= 0.3 is 5.97 Å². The molecule has 1 rings (SSSR count). The van der Waals surface area contributed by atoms with Crippen LogP contribution in [0.2, 0.25) is 5.02 Å². The molecule has 0 heterocycles. The number of methoxy groups -OCH3 is 1. The van der Waals surface area contributed by atoms with Crippen molar-refractivity contribution >= 4 is 23.3 Å². The summed E-state index contributed by atoms with van der Waals surface area (Å²) in [7, 11) is 1.37. The van der Waals surface area contributed by atoms with Gasteiger partial charge in [0.2, 0.25) is 0 Å². The molecule has 19 heavy (non-hydrogen) atoms. The molecule has 0 saturated heterocycles. The summed E-state index contributed by atoms with van der Waals surface area (Å²) >= 11 is 5.95. The predicted octanol–water partition coefficient (Wildman–Crippen LogP) is 3.36. The summed E-state index contributed by atoms with van der Waals surface area (Å²) in [6.07, 6.45) is 2.63. The Labute approximate surface area is 118 Å². The van der Waals surface area contributed by atoms with Crippen LogP contribution in [0.1, 0.15) is 31.7 Å². The third-order valence-electron chi connectivity index (χ3n) is 2.76. The van der Waals surface area contributed by atoms with Crippen molar-refractivity contribution < 1.29 is 9.53 Å². The molecular weight excluding hydrogens is 264 g/mol. The van der Waals surface area contributed by atoms with E-state index in [4.69, 9.17) is 21.6 Å². The summed E-state index contributed by atoms with van der Waals surface area (Å²) in [5.41, 5.74) is 1.12. The number of carbonyl (C=O) groups is 1. The topological polar surface area (TPSA) is 62.1 Å². The Balaban J connectivity index is 2.81. The maximum Gasteiger partial charge on any atom is 0.328 e. The van der Waals surface area contributed by atoms with Crippen LogP contribution in [-0.2, 0) is 9.53 Å². The fourth-order valence-corrected chi connectivity index (χ4v) is 1.92. The highest BCUT2D eigenvalue weighted by Crippen LogP contribution is 2.21. The fourth-order valence-electron chi connectivity index (χ4n) is 1.70. The molecule has 1 aromatic rings. The van der Waals surface area contributed by atoms with Crippen LogP contribution in [0.5, 0.6) is 0 Å². The highest BCUT2D eigenvalue weighted by molar-refractivity contribution is 6.32. The van der Waals surface area contributed by atoms with Crippen molar-refractivity contribution in [3.63, 3.8) is 0 Å². The molecule has 1 N–H and O–H groups in total. The quantitative estimate of drug-likeness (QED) is 0.812. The molecular formula is C14H17ClN2O2. The van der Waals surface area contributed by atoms with Crippen molar-refractivity contribution in [3.8, 4) is 6.07 Å². The number of hydrogen-bond acceptors (Lipinski definition) is 4. The number of halogens is 1. The van der Waals surface area contributed by atoms with Crippen molar-refractivity contribution in [2.45, 2.75) is 32.2 Å². The van der Waals surface area contributed by atoms with Crippen molar-refractivity contribution in [1.29, 1.82) is 5.26 Å². The van der Waals surface area contributed by atoms with Crippen LogP contribution in [0.15, 0.2) is 18.2 Å². The van der Waals surface area contributed by atoms with Gasteiger partial charge in [0.05, 0.1) is 17.7 Å². The molecule has 0 spiro atoms. The number of unbranched alkanes of at least 4 members (excludes halogenated alkanes) is 1. The molecule has 0 aliphatic rings. The lowest BCUT2D eigenvalue weighted by atomic mass is 10.1. The molecule has 0 fully saturated rings. The van der Waals surface area contributed by atoms with Crippen LogP contribution in [-0.4, -0.2) is 19.1 Å². The maximum absolute atomic E-state index is 11.7. The van der Waals surface area contributed by atoms with E-state index >= 15 is 0 Å². The first-order chi connectivity index (χ1) is 9.12. The molecule has 1 atom stereocenters. The number of nitrogens with zero attached hydrogens (tertiary/aromatic N) is 1. The second-order valence-corrected chi connectivity index (χ2v) is 4.58. The third-order valence-corrected chi connectivity index (χ3v) is 3.08. The Bertz CT molecular complexity index is 483. The summed E-state index contributed by atoms with van der Waals surface area (Å²) in [5, 5.41) is 12.3.